The van der Waals surface area contributed by atoms with Crippen LogP contribution in [-0.4, -0.2) is 41.6 Å². The second-order valence-corrected chi connectivity index (χ2v) is 7.16. The number of allylic oxidation sites excluding steroid dienone is 1. The van der Waals surface area contributed by atoms with Crippen molar-refractivity contribution < 1.29 is 14.3 Å². The maximum atomic E-state index is 12.3. The largest absolute Gasteiger partial charge is 0.444 e. The Morgan fingerprint density at radius 1 is 1.38 bits per heavy atom. The summed E-state index contributed by atoms with van der Waals surface area (Å²) in [7, 11) is 1.51. The number of ether oxygens (including phenoxy) is 1. The summed E-state index contributed by atoms with van der Waals surface area (Å²) >= 11 is 0. The smallest absolute Gasteiger partial charge is 0.410 e. The minimum atomic E-state index is -0.723. The van der Waals surface area contributed by atoms with E-state index in [9.17, 15) is 14.9 Å². The number of carbonyl (C=O) groups excluding carboxylic acids is 2. The number of nitrogens with zero attached hydrogens (tertiary/aromatic N) is 2. The summed E-state index contributed by atoms with van der Waals surface area (Å²) in [6.45, 7) is 12.6. The maximum absolute atomic E-state index is 12.3. The first-order valence-electron chi connectivity index (χ1n) is 8.28. The van der Waals surface area contributed by atoms with E-state index in [1.165, 1.54) is 11.9 Å². The van der Waals surface area contributed by atoms with E-state index < -0.39 is 23.8 Å². The Balaban J connectivity index is 4.63. The van der Waals surface area contributed by atoms with Crippen molar-refractivity contribution in [1.82, 2.24) is 10.2 Å². The minimum Gasteiger partial charge on any atom is -0.444 e. The fraction of sp³-hybridized carbons (Fsp3) is 0.722. The van der Waals surface area contributed by atoms with Crippen LogP contribution in [0.1, 0.15) is 53.9 Å². The first-order valence-corrected chi connectivity index (χ1v) is 8.28. The molecule has 0 aromatic heterocycles. The minimum absolute atomic E-state index is 0.298. The molecule has 0 rings (SSSR count). The molecule has 0 radical (unpaired) electrons. The zero-order valence-electron chi connectivity index (χ0n) is 15.8. The number of amides is 2. The van der Waals surface area contributed by atoms with Crippen LogP contribution in [0.15, 0.2) is 12.7 Å². The average molecular weight is 337 g/mol. The van der Waals surface area contributed by atoms with E-state index in [1.807, 2.05) is 13.0 Å². The van der Waals surface area contributed by atoms with E-state index in [2.05, 4.69) is 18.0 Å². The molecule has 136 valence electrons. The zero-order chi connectivity index (χ0) is 18.9. The van der Waals surface area contributed by atoms with Crippen molar-refractivity contribution in [2.45, 2.75) is 71.6 Å². The van der Waals surface area contributed by atoms with Crippen LogP contribution >= 0.6 is 0 Å². The fourth-order valence-electron chi connectivity index (χ4n) is 2.03. The lowest BCUT2D eigenvalue weighted by Gasteiger charge is -2.28. The van der Waals surface area contributed by atoms with Crippen LogP contribution in [0.5, 0.6) is 0 Å². The summed E-state index contributed by atoms with van der Waals surface area (Å²) in [5.74, 6) is -0.0716. The van der Waals surface area contributed by atoms with E-state index >= 15 is 0 Å². The summed E-state index contributed by atoms with van der Waals surface area (Å²) in [5, 5.41) is 11.9. The molecule has 0 aromatic carbocycles. The van der Waals surface area contributed by atoms with Gasteiger partial charge in [0.2, 0.25) is 5.91 Å². The molecule has 0 aliphatic heterocycles. The van der Waals surface area contributed by atoms with Crippen LogP contribution in [0.3, 0.4) is 0 Å². The lowest BCUT2D eigenvalue weighted by molar-refractivity contribution is -0.125. The van der Waals surface area contributed by atoms with Gasteiger partial charge in [0.15, 0.2) is 0 Å². The number of hydrogen-bond acceptors (Lipinski definition) is 4. The first kappa shape index (κ1) is 22.0. The van der Waals surface area contributed by atoms with Gasteiger partial charge in [-0.1, -0.05) is 13.0 Å². The molecule has 0 saturated carbocycles. The molecule has 0 spiro atoms. The monoisotopic (exact) mass is 337 g/mol. The Bertz CT molecular complexity index is 477. The van der Waals surface area contributed by atoms with Gasteiger partial charge in [0.25, 0.3) is 0 Å². The number of carbonyl (C=O) groups is 2. The molecular formula is C18H31N3O3. The standard InChI is InChI=1S/C18H31N3O3/c1-8-9-10-13(2)11-15(12-19)20-16(22)14(3)21(7)17(23)24-18(4,5)6/h8,13-15H,1,9-11H2,2-7H3,(H,20,22)/t13-,14?,15+/m0/s1. The van der Waals surface area contributed by atoms with Gasteiger partial charge in [0, 0.05) is 7.05 Å². The summed E-state index contributed by atoms with van der Waals surface area (Å²) in [4.78, 5) is 25.5. The number of rotatable bonds is 8. The third-order valence-corrected chi connectivity index (χ3v) is 3.62. The van der Waals surface area contributed by atoms with Crippen LogP contribution in [0, 0.1) is 17.2 Å². The van der Waals surface area contributed by atoms with E-state index in [1.54, 1.807) is 27.7 Å². The van der Waals surface area contributed by atoms with Gasteiger partial charge in [-0.05, 0) is 52.9 Å². The first-order chi connectivity index (χ1) is 11.0. The highest BCUT2D eigenvalue weighted by molar-refractivity contribution is 5.85. The molecule has 6 nitrogen and oxygen atoms in total. The maximum Gasteiger partial charge on any atom is 0.410 e. The van der Waals surface area contributed by atoms with Crippen molar-refractivity contribution in [3.8, 4) is 6.07 Å². The molecule has 0 aliphatic rings. The highest BCUT2D eigenvalue weighted by Gasteiger charge is 2.28. The molecule has 0 aromatic rings. The molecule has 1 N–H and O–H groups in total. The van der Waals surface area contributed by atoms with Crippen molar-refractivity contribution in [3.05, 3.63) is 12.7 Å². The molecule has 6 heteroatoms. The fourth-order valence-corrected chi connectivity index (χ4v) is 2.03. The number of likely N-dealkylation sites (N-methyl/N-ethyl adjacent to an activating group) is 1. The predicted octanol–water partition coefficient (Wildman–Crippen LogP) is 3.24. The Morgan fingerprint density at radius 2 is 1.96 bits per heavy atom. The highest BCUT2D eigenvalue weighted by Crippen LogP contribution is 2.14. The zero-order valence-corrected chi connectivity index (χ0v) is 15.8. The summed E-state index contributed by atoms with van der Waals surface area (Å²) in [6, 6.07) is 0.809. The van der Waals surface area contributed by atoms with Crippen LogP contribution in [-0.2, 0) is 9.53 Å². The van der Waals surface area contributed by atoms with Gasteiger partial charge in [0.1, 0.15) is 17.7 Å². The number of nitrogens with one attached hydrogen (secondary N) is 1. The summed E-state index contributed by atoms with van der Waals surface area (Å²) in [5.41, 5.74) is -0.628. The molecule has 0 bridgehead atoms. The van der Waals surface area contributed by atoms with Gasteiger partial charge >= 0.3 is 6.09 Å². The Morgan fingerprint density at radius 3 is 2.42 bits per heavy atom. The Hall–Kier alpha value is -2.03. The lowest BCUT2D eigenvalue weighted by Crippen LogP contribution is -2.49. The van der Waals surface area contributed by atoms with E-state index in [0.717, 1.165) is 12.8 Å². The number of nitriles is 1. The molecule has 0 heterocycles. The van der Waals surface area contributed by atoms with Crippen molar-refractivity contribution in [2.24, 2.45) is 5.92 Å². The molecule has 2 amide bonds. The second-order valence-electron chi connectivity index (χ2n) is 7.16. The van der Waals surface area contributed by atoms with Gasteiger partial charge in [-0.15, -0.1) is 6.58 Å². The van der Waals surface area contributed by atoms with E-state index in [0.29, 0.717) is 12.3 Å². The molecular weight excluding hydrogens is 306 g/mol. The van der Waals surface area contributed by atoms with Crippen LogP contribution in [0.4, 0.5) is 4.79 Å². The highest BCUT2D eigenvalue weighted by atomic mass is 16.6. The van der Waals surface area contributed by atoms with Crippen molar-refractivity contribution in [2.75, 3.05) is 7.05 Å². The van der Waals surface area contributed by atoms with Crippen LogP contribution in [0.2, 0.25) is 0 Å². The van der Waals surface area contributed by atoms with Gasteiger partial charge in [-0.3, -0.25) is 9.69 Å². The van der Waals surface area contributed by atoms with E-state index in [4.69, 9.17) is 4.74 Å². The van der Waals surface area contributed by atoms with Crippen molar-refractivity contribution >= 4 is 12.0 Å². The van der Waals surface area contributed by atoms with Crippen molar-refractivity contribution in [1.29, 1.82) is 5.26 Å². The Labute approximate surface area is 145 Å². The van der Waals surface area contributed by atoms with Gasteiger partial charge in [0.05, 0.1) is 6.07 Å². The summed E-state index contributed by atoms with van der Waals surface area (Å²) < 4.78 is 5.24. The predicted molar refractivity (Wildman–Crippen MR) is 94.2 cm³/mol. The quantitative estimate of drug-likeness (QED) is 0.689. The molecule has 3 atom stereocenters. The lowest BCUT2D eigenvalue weighted by atomic mass is 9.97. The van der Waals surface area contributed by atoms with E-state index in [-0.39, 0.29) is 5.91 Å². The van der Waals surface area contributed by atoms with Crippen LogP contribution < -0.4 is 5.32 Å². The molecule has 24 heavy (non-hydrogen) atoms. The third kappa shape index (κ3) is 8.56. The number of hydrogen-bond donors (Lipinski definition) is 1. The van der Waals surface area contributed by atoms with Crippen LogP contribution in [0.25, 0.3) is 0 Å². The average Bonchev–Trinajstić information content (AvgIpc) is 2.48. The SMILES string of the molecule is C=CCC[C@H](C)C[C@H](C#N)NC(=O)C(C)N(C)C(=O)OC(C)(C)C. The normalized spacial score (nSPS) is 14.7. The molecule has 0 aliphatic carbocycles. The second kappa shape index (κ2) is 9.96. The molecule has 1 unspecified atom stereocenters. The topological polar surface area (TPSA) is 82.4 Å². The molecule has 0 saturated heterocycles. The van der Waals surface area contributed by atoms with Gasteiger partial charge in [-0.25, -0.2) is 4.79 Å². The van der Waals surface area contributed by atoms with Crippen molar-refractivity contribution in [3.63, 3.8) is 0 Å². The molecule has 0 fully saturated rings. The van der Waals surface area contributed by atoms with Gasteiger partial charge < -0.3 is 10.1 Å². The Kier molecular flexibility index (Phi) is 9.12. The van der Waals surface area contributed by atoms with Gasteiger partial charge in [-0.2, -0.15) is 5.26 Å². The summed E-state index contributed by atoms with van der Waals surface area (Å²) in [6.07, 6.45) is 3.64. The third-order valence-electron chi connectivity index (χ3n) is 3.62.